The SMILES string of the molecule is CCCN(C)c1nnc(C(N)=O)c(NC)n1. The Morgan fingerprint density at radius 1 is 1.50 bits per heavy atom. The molecule has 0 saturated heterocycles. The maximum absolute atomic E-state index is 11.0. The van der Waals surface area contributed by atoms with Gasteiger partial charge in [0.2, 0.25) is 5.95 Å². The van der Waals surface area contributed by atoms with Crippen molar-refractivity contribution in [3.05, 3.63) is 5.69 Å². The Kier molecular flexibility index (Phi) is 3.98. The molecule has 1 amide bonds. The minimum atomic E-state index is -0.644. The predicted molar refractivity (Wildman–Crippen MR) is 61.5 cm³/mol. The third-order valence-electron chi connectivity index (χ3n) is 2.05. The maximum Gasteiger partial charge on any atom is 0.273 e. The lowest BCUT2D eigenvalue weighted by Gasteiger charge is -2.16. The number of nitrogens with two attached hydrogens (primary N) is 1. The number of hydrogen-bond acceptors (Lipinski definition) is 6. The van der Waals surface area contributed by atoms with Gasteiger partial charge in [0.05, 0.1) is 0 Å². The number of amides is 1. The molecular weight excluding hydrogens is 208 g/mol. The molecule has 1 heterocycles. The molecule has 1 aromatic rings. The third-order valence-corrected chi connectivity index (χ3v) is 2.05. The van der Waals surface area contributed by atoms with Gasteiger partial charge in [-0.15, -0.1) is 10.2 Å². The normalized spacial score (nSPS) is 9.94. The van der Waals surface area contributed by atoms with Gasteiger partial charge >= 0.3 is 0 Å². The van der Waals surface area contributed by atoms with Crippen molar-refractivity contribution >= 4 is 17.7 Å². The molecule has 0 fully saturated rings. The molecule has 0 aliphatic rings. The molecule has 0 bridgehead atoms. The summed E-state index contributed by atoms with van der Waals surface area (Å²) in [7, 11) is 3.52. The van der Waals surface area contributed by atoms with E-state index < -0.39 is 5.91 Å². The molecule has 3 N–H and O–H groups in total. The number of primary amides is 1. The van der Waals surface area contributed by atoms with Crippen LogP contribution in [0.5, 0.6) is 0 Å². The maximum atomic E-state index is 11.0. The molecule has 7 nitrogen and oxygen atoms in total. The Labute approximate surface area is 94.1 Å². The van der Waals surface area contributed by atoms with Gasteiger partial charge < -0.3 is 16.0 Å². The molecule has 7 heteroatoms. The standard InChI is InChI=1S/C9H16N6O/c1-4-5-15(3)9-12-8(11-2)6(7(10)16)13-14-9/h4-5H2,1-3H3,(H2,10,16)(H,11,12,14). The average molecular weight is 224 g/mol. The van der Waals surface area contributed by atoms with Crippen LogP contribution in [0.3, 0.4) is 0 Å². The molecule has 0 unspecified atom stereocenters. The Bertz CT molecular complexity index is 380. The van der Waals surface area contributed by atoms with Crippen molar-refractivity contribution in [3.8, 4) is 0 Å². The summed E-state index contributed by atoms with van der Waals surface area (Å²) in [4.78, 5) is 17.0. The topological polar surface area (TPSA) is 97.0 Å². The molecule has 0 aromatic carbocycles. The molecule has 0 radical (unpaired) electrons. The lowest BCUT2D eigenvalue weighted by atomic mass is 10.4. The minimum absolute atomic E-state index is 0.0520. The van der Waals surface area contributed by atoms with Gasteiger partial charge in [-0.2, -0.15) is 4.98 Å². The summed E-state index contributed by atoms with van der Waals surface area (Å²) in [6.45, 7) is 2.88. The van der Waals surface area contributed by atoms with Crippen molar-refractivity contribution in [2.75, 3.05) is 30.9 Å². The highest BCUT2D eigenvalue weighted by atomic mass is 16.1. The first-order valence-electron chi connectivity index (χ1n) is 5.03. The van der Waals surface area contributed by atoms with Gasteiger partial charge in [-0.1, -0.05) is 6.92 Å². The molecule has 0 aliphatic carbocycles. The van der Waals surface area contributed by atoms with Gasteiger partial charge in [-0.3, -0.25) is 4.79 Å². The van der Waals surface area contributed by atoms with Crippen molar-refractivity contribution in [3.63, 3.8) is 0 Å². The van der Waals surface area contributed by atoms with Crippen LogP contribution in [0.4, 0.5) is 11.8 Å². The molecular formula is C9H16N6O. The quantitative estimate of drug-likeness (QED) is 0.722. The number of nitrogens with one attached hydrogen (secondary N) is 1. The smallest absolute Gasteiger partial charge is 0.273 e. The lowest BCUT2D eigenvalue weighted by molar-refractivity contribution is 0.0995. The highest BCUT2D eigenvalue weighted by Gasteiger charge is 2.14. The van der Waals surface area contributed by atoms with Crippen LogP contribution in [-0.4, -0.2) is 41.7 Å². The molecule has 0 atom stereocenters. The largest absolute Gasteiger partial charge is 0.371 e. The summed E-state index contributed by atoms with van der Waals surface area (Å²) >= 11 is 0. The summed E-state index contributed by atoms with van der Waals surface area (Å²) in [5, 5.41) is 10.4. The van der Waals surface area contributed by atoms with Crippen LogP contribution in [0.1, 0.15) is 23.8 Å². The van der Waals surface area contributed by atoms with Crippen molar-refractivity contribution in [1.82, 2.24) is 15.2 Å². The number of carbonyl (C=O) groups excluding carboxylic acids is 1. The second-order valence-corrected chi connectivity index (χ2v) is 3.34. The van der Waals surface area contributed by atoms with E-state index in [-0.39, 0.29) is 5.69 Å². The number of rotatable bonds is 5. The zero-order valence-corrected chi connectivity index (χ0v) is 9.69. The monoisotopic (exact) mass is 224 g/mol. The zero-order valence-electron chi connectivity index (χ0n) is 9.69. The highest BCUT2D eigenvalue weighted by Crippen LogP contribution is 2.12. The number of hydrogen-bond donors (Lipinski definition) is 2. The first kappa shape index (κ1) is 12.2. The Morgan fingerprint density at radius 2 is 2.19 bits per heavy atom. The molecule has 0 aliphatic heterocycles. The van der Waals surface area contributed by atoms with Gasteiger partial charge in [-0.25, -0.2) is 0 Å². The Balaban J connectivity index is 3.03. The highest BCUT2D eigenvalue weighted by molar-refractivity contribution is 5.95. The van der Waals surface area contributed by atoms with Gasteiger partial charge in [0.25, 0.3) is 5.91 Å². The Hall–Kier alpha value is -1.92. The molecule has 0 spiro atoms. The molecule has 0 saturated carbocycles. The molecule has 16 heavy (non-hydrogen) atoms. The van der Waals surface area contributed by atoms with Crippen LogP contribution >= 0.6 is 0 Å². The number of carbonyl (C=O) groups is 1. The van der Waals surface area contributed by atoms with Crippen LogP contribution in [0.2, 0.25) is 0 Å². The van der Waals surface area contributed by atoms with Crippen LogP contribution < -0.4 is 16.0 Å². The molecule has 88 valence electrons. The van der Waals surface area contributed by atoms with Crippen molar-refractivity contribution < 1.29 is 4.79 Å². The van der Waals surface area contributed by atoms with Crippen LogP contribution in [-0.2, 0) is 0 Å². The summed E-state index contributed by atoms with van der Waals surface area (Å²) in [5.74, 6) is 0.172. The zero-order chi connectivity index (χ0) is 12.1. The van der Waals surface area contributed by atoms with Crippen LogP contribution in [0.25, 0.3) is 0 Å². The van der Waals surface area contributed by atoms with Crippen molar-refractivity contribution in [2.24, 2.45) is 5.73 Å². The number of aromatic nitrogens is 3. The summed E-state index contributed by atoms with van der Waals surface area (Å²) in [5.41, 5.74) is 5.19. The van der Waals surface area contributed by atoms with Crippen LogP contribution in [0, 0.1) is 0 Å². The fourth-order valence-electron chi connectivity index (χ4n) is 1.25. The first-order chi connectivity index (χ1) is 7.60. The molecule has 1 rings (SSSR count). The number of anilines is 2. The van der Waals surface area contributed by atoms with E-state index in [0.717, 1.165) is 13.0 Å². The van der Waals surface area contributed by atoms with Gasteiger partial charge in [-0.05, 0) is 6.42 Å². The average Bonchev–Trinajstić information content (AvgIpc) is 2.28. The lowest BCUT2D eigenvalue weighted by Crippen LogP contribution is -2.24. The Morgan fingerprint density at radius 3 is 2.69 bits per heavy atom. The van der Waals surface area contributed by atoms with Gasteiger partial charge in [0.1, 0.15) is 0 Å². The van der Waals surface area contributed by atoms with Crippen LogP contribution in [0.15, 0.2) is 0 Å². The van der Waals surface area contributed by atoms with E-state index in [9.17, 15) is 4.79 Å². The van der Waals surface area contributed by atoms with Gasteiger partial charge in [0.15, 0.2) is 11.5 Å². The summed E-state index contributed by atoms with van der Waals surface area (Å²) in [6, 6.07) is 0. The fourth-order valence-corrected chi connectivity index (χ4v) is 1.25. The van der Waals surface area contributed by atoms with E-state index in [1.165, 1.54) is 0 Å². The van der Waals surface area contributed by atoms with Crippen molar-refractivity contribution in [1.29, 1.82) is 0 Å². The van der Waals surface area contributed by atoms with E-state index in [1.807, 2.05) is 11.9 Å². The fraction of sp³-hybridized carbons (Fsp3) is 0.556. The van der Waals surface area contributed by atoms with E-state index in [0.29, 0.717) is 11.8 Å². The third kappa shape index (κ3) is 2.56. The predicted octanol–water partition coefficient (Wildman–Crippen LogP) is -0.142. The summed E-state index contributed by atoms with van der Waals surface area (Å²) in [6.07, 6.45) is 0.978. The second-order valence-electron chi connectivity index (χ2n) is 3.34. The molecule has 1 aromatic heterocycles. The van der Waals surface area contributed by atoms with E-state index in [2.05, 4.69) is 27.4 Å². The first-order valence-corrected chi connectivity index (χ1v) is 5.03. The van der Waals surface area contributed by atoms with Gasteiger partial charge in [0, 0.05) is 20.6 Å². The minimum Gasteiger partial charge on any atom is -0.371 e. The van der Waals surface area contributed by atoms with Crippen molar-refractivity contribution in [2.45, 2.75) is 13.3 Å². The van der Waals surface area contributed by atoms with E-state index >= 15 is 0 Å². The van der Waals surface area contributed by atoms with E-state index in [4.69, 9.17) is 5.73 Å². The van der Waals surface area contributed by atoms with E-state index in [1.54, 1.807) is 7.05 Å². The second kappa shape index (κ2) is 5.24. The summed E-state index contributed by atoms with van der Waals surface area (Å²) < 4.78 is 0. The number of nitrogens with zero attached hydrogens (tertiary/aromatic N) is 4.